The number of hydrogen-bond donors (Lipinski definition) is 1. The van der Waals surface area contributed by atoms with Gasteiger partial charge in [-0.1, -0.05) is 30.7 Å². The van der Waals surface area contributed by atoms with Crippen LogP contribution < -0.4 is 0 Å². The summed E-state index contributed by atoms with van der Waals surface area (Å²) in [5, 5.41) is 11.4. The molecule has 2 bridgehead atoms. The molecule has 0 aromatic heterocycles. The third kappa shape index (κ3) is 2.11. The van der Waals surface area contributed by atoms with Crippen LogP contribution >= 0.6 is 0 Å². The summed E-state index contributed by atoms with van der Waals surface area (Å²) >= 11 is 0. The van der Waals surface area contributed by atoms with Crippen molar-refractivity contribution in [1.82, 2.24) is 0 Å². The molecule has 1 heteroatoms. The molecule has 4 rings (SSSR count). The molecular weight excluding hydrogens is 244 g/mol. The Hall–Kier alpha value is -0.820. The Morgan fingerprint density at radius 1 is 1.10 bits per heavy atom. The van der Waals surface area contributed by atoms with E-state index in [0.717, 1.165) is 37.0 Å². The van der Waals surface area contributed by atoms with Crippen LogP contribution in [0.1, 0.15) is 62.5 Å². The van der Waals surface area contributed by atoms with Gasteiger partial charge in [0, 0.05) is 0 Å². The summed E-state index contributed by atoms with van der Waals surface area (Å²) in [6.07, 6.45) is 11.3. The number of rotatable bonds is 2. The first kappa shape index (κ1) is 12.9. The van der Waals surface area contributed by atoms with Gasteiger partial charge in [-0.3, -0.25) is 0 Å². The molecule has 1 aromatic carbocycles. The van der Waals surface area contributed by atoms with E-state index in [0.29, 0.717) is 0 Å². The summed E-state index contributed by atoms with van der Waals surface area (Å²) in [4.78, 5) is 0. The van der Waals surface area contributed by atoms with Gasteiger partial charge in [0.05, 0.1) is 5.60 Å². The van der Waals surface area contributed by atoms with E-state index in [1.54, 1.807) is 0 Å². The average Bonchev–Trinajstić information content (AvgIpc) is 3.02. The second-order valence-corrected chi connectivity index (χ2v) is 7.53. The van der Waals surface area contributed by atoms with Crippen LogP contribution in [-0.4, -0.2) is 5.11 Å². The second-order valence-electron chi connectivity index (χ2n) is 7.53. The Morgan fingerprint density at radius 3 is 2.80 bits per heavy atom. The van der Waals surface area contributed by atoms with Crippen LogP contribution in [0, 0.1) is 17.8 Å². The van der Waals surface area contributed by atoms with Crippen molar-refractivity contribution in [2.75, 3.05) is 0 Å². The van der Waals surface area contributed by atoms with E-state index in [1.165, 1.54) is 49.7 Å². The van der Waals surface area contributed by atoms with Gasteiger partial charge >= 0.3 is 0 Å². The monoisotopic (exact) mass is 270 g/mol. The van der Waals surface area contributed by atoms with Crippen molar-refractivity contribution in [3.8, 4) is 0 Å². The highest BCUT2D eigenvalue weighted by atomic mass is 16.3. The lowest BCUT2D eigenvalue weighted by Crippen LogP contribution is -2.31. The second kappa shape index (κ2) is 4.87. The molecule has 1 N–H and O–H groups in total. The number of aryl methyl sites for hydroxylation is 1. The molecule has 2 saturated carbocycles. The molecule has 20 heavy (non-hydrogen) atoms. The fraction of sp³-hybridized carbons (Fsp3) is 0.684. The first-order chi connectivity index (χ1) is 9.74. The molecule has 0 amide bonds. The topological polar surface area (TPSA) is 20.2 Å². The largest absolute Gasteiger partial charge is 0.385 e. The van der Waals surface area contributed by atoms with E-state index in [-0.39, 0.29) is 0 Å². The van der Waals surface area contributed by atoms with E-state index in [1.807, 2.05) is 0 Å². The molecule has 0 aliphatic heterocycles. The van der Waals surface area contributed by atoms with Crippen LogP contribution in [0.2, 0.25) is 0 Å². The normalized spacial score (nSPS) is 39.5. The zero-order chi connectivity index (χ0) is 13.6. The Labute approximate surface area is 122 Å². The highest BCUT2D eigenvalue weighted by Gasteiger charge is 2.44. The molecule has 4 unspecified atom stereocenters. The van der Waals surface area contributed by atoms with Gasteiger partial charge < -0.3 is 5.11 Å². The van der Waals surface area contributed by atoms with Crippen molar-refractivity contribution < 1.29 is 5.11 Å². The molecule has 4 atom stereocenters. The van der Waals surface area contributed by atoms with Gasteiger partial charge in [0.15, 0.2) is 0 Å². The summed E-state index contributed by atoms with van der Waals surface area (Å²) in [6, 6.07) is 8.65. The minimum Gasteiger partial charge on any atom is -0.385 e. The molecule has 3 aliphatic rings. The number of aliphatic hydroxyl groups is 1. The first-order valence-electron chi connectivity index (χ1n) is 8.55. The van der Waals surface area contributed by atoms with Gasteiger partial charge in [0.1, 0.15) is 0 Å². The molecule has 1 nitrogen and oxygen atoms in total. The Kier molecular flexibility index (Phi) is 3.14. The zero-order valence-electron chi connectivity index (χ0n) is 12.4. The molecule has 3 aliphatic carbocycles. The maximum Gasteiger partial charge on any atom is 0.0902 e. The van der Waals surface area contributed by atoms with E-state index < -0.39 is 5.60 Å². The van der Waals surface area contributed by atoms with Crippen LogP contribution in [0.15, 0.2) is 24.3 Å². The van der Waals surface area contributed by atoms with Crippen molar-refractivity contribution >= 4 is 0 Å². The highest BCUT2D eigenvalue weighted by Crippen LogP contribution is 2.53. The minimum atomic E-state index is -0.539. The smallest absolute Gasteiger partial charge is 0.0902 e. The summed E-state index contributed by atoms with van der Waals surface area (Å²) < 4.78 is 0. The molecule has 0 spiro atoms. The third-order valence-corrected chi connectivity index (χ3v) is 6.29. The van der Waals surface area contributed by atoms with Crippen molar-refractivity contribution in [3.63, 3.8) is 0 Å². The quantitative estimate of drug-likeness (QED) is 0.788. The van der Waals surface area contributed by atoms with E-state index in [2.05, 4.69) is 24.3 Å². The standard InChI is InChI=1S/C19H26O/c20-19(13-17-12-14-8-9-16(17)11-14)10-4-3-6-15-5-1-2-7-18(15)19/h1-2,5,7,14,16-17,20H,3-4,6,8-13H2. The molecule has 0 saturated heterocycles. The minimum absolute atomic E-state index is 0.539. The molecular formula is C19H26O. The van der Waals surface area contributed by atoms with Gasteiger partial charge in [-0.05, 0) is 80.2 Å². The summed E-state index contributed by atoms with van der Waals surface area (Å²) in [5.74, 6) is 2.68. The predicted octanol–water partition coefficient (Wildman–Crippen LogP) is 4.43. The lowest BCUT2D eigenvalue weighted by molar-refractivity contribution is -0.00600. The Balaban J connectivity index is 1.62. The molecule has 108 valence electrons. The lowest BCUT2D eigenvalue weighted by Gasteiger charge is -2.34. The van der Waals surface area contributed by atoms with Gasteiger partial charge in [-0.25, -0.2) is 0 Å². The van der Waals surface area contributed by atoms with Gasteiger partial charge in [-0.2, -0.15) is 0 Å². The molecule has 2 fully saturated rings. The van der Waals surface area contributed by atoms with E-state index >= 15 is 0 Å². The van der Waals surface area contributed by atoms with Crippen LogP contribution in [0.5, 0.6) is 0 Å². The lowest BCUT2D eigenvalue weighted by atomic mass is 9.75. The van der Waals surface area contributed by atoms with Crippen molar-refractivity contribution in [2.45, 2.75) is 63.4 Å². The van der Waals surface area contributed by atoms with Gasteiger partial charge in [0.25, 0.3) is 0 Å². The Bertz CT molecular complexity index is 494. The van der Waals surface area contributed by atoms with E-state index in [4.69, 9.17) is 0 Å². The number of fused-ring (bicyclic) bond motifs is 3. The summed E-state index contributed by atoms with van der Waals surface area (Å²) in [6.45, 7) is 0. The maximum atomic E-state index is 11.4. The van der Waals surface area contributed by atoms with Crippen LogP contribution in [0.3, 0.4) is 0 Å². The molecule has 0 heterocycles. The predicted molar refractivity (Wildman–Crippen MR) is 81.4 cm³/mol. The maximum absolute atomic E-state index is 11.4. The number of hydrogen-bond acceptors (Lipinski definition) is 1. The van der Waals surface area contributed by atoms with Crippen LogP contribution in [-0.2, 0) is 12.0 Å². The average molecular weight is 270 g/mol. The summed E-state index contributed by atoms with van der Waals surface area (Å²) in [5.41, 5.74) is 2.11. The Morgan fingerprint density at radius 2 is 2.00 bits per heavy atom. The van der Waals surface area contributed by atoms with Crippen LogP contribution in [0.4, 0.5) is 0 Å². The first-order valence-corrected chi connectivity index (χ1v) is 8.55. The number of benzene rings is 1. The fourth-order valence-electron chi connectivity index (χ4n) is 5.33. The van der Waals surface area contributed by atoms with Crippen molar-refractivity contribution in [1.29, 1.82) is 0 Å². The zero-order valence-corrected chi connectivity index (χ0v) is 12.4. The van der Waals surface area contributed by atoms with Crippen molar-refractivity contribution in [2.24, 2.45) is 17.8 Å². The third-order valence-electron chi connectivity index (χ3n) is 6.29. The van der Waals surface area contributed by atoms with Crippen LogP contribution in [0.25, 0.3) is 0 Å². The molecule has 1 aromatic rings. The van der Waals surface area contributed by atoms with Gasteiger partial charge in [0.2, 0.25) is 0 Å². The SMILES string of the molecule is OC1(CC2CC3CCC2C3)CCCCc2ccccc21. The fourth-order valence-corrected chi connectivity index (χ4v) is 5.33. The van der Waals surface area contributed by atoms with E-state index in [9.17, 15) is 5.11 Å². The summed E-state index contributed by atoms with van der Waals surface area (Å²) in [7, 11) is 0. The van der Waals surface area contributed by atoms with Gasteiger partial charge in [-0.15, -0.1) is 0 Å². The molecule has 0 radical (unpaired) electrons. The highest BCUT2D eigenvalue weighted by molar-refractivity contribution is 5.33. The van der Waals surface area contributed by atoms with Crippen molar-refractivity contribution in [3.05, 3.63) is 35.4 Å².